The highest BCUT2D eigenvalue weighted by atomic mass is 19.4. The fourth-order valence-electron chi connectivity index (χ4n) is 3.97. The van der Waals surface area contributed by atoms with Gasteiger partial charge in [0.25, 0.3) is 0 Å². The van der Waals surface area contributed by atoms with Gasteiger partial charge in [0.2, 0.25) is 11.2 Å². The van der Waals surface area contributed by atoms with Gasteiger partial charge in [-0.3, -0.25) is 4.79 Å². The zero-order valence-corrected chi connectivity index (χ0v) is 20.5. The lowest BCUT2D eigenvalue weighted by molar-refractivity contribution is -0.914. The molecule has 0 fully saturated rings. The van der Waals surface area contributed by atoms with E-state index in [9.17, 15) is 23.1 Å². The molecule has 0 aliphatic carbocycles. The quantitative estimate of drug-likeness (QED) is 0.408. The fraction of sp³-hybridized carbons (Fsp3) is 0.400. The molecule has 0 aliphatic rings. The second kappa shape index (κ2) is 11.6. The fourth-order valence-corrected chi connectivity index (χ4v) is 3.97. The third-order valence-electron chi connectivity index (χ3n) is 5.81. The van der Waals surface area contributed by atoms with Crippen molar-refractivity contribution in [3.05, 3.63) is 51.9 Å². The van der Waals surface area contributed by atoms with E-state index in [2.05, 4.69) is 0 Å². The highest BCUT2D eigenvalue weighted by Crippen LogP contribution is 2.40. The van der Waals surface area contributed by atoms with E-state index in [0.717, 1.165) is 4.90 Å². The van der Waals surface area contributed by atoms with Crippen LogP contribution >= 0.6 is 0 Å². The largest absolute Gasteiger partial charge is 0.507 e. The van der Waals surface area contributed by atoms with Gasteiger partial charge in [0.15, 0.2) is 17.1 Å². The molecule has 8 nitrogen and oxygen atoms in total. The van der Waals surface area contributed by atoms with Crippen LogP contribution in [0.4, 0.5) is 13.2 Å². The highest BCUT2D eigenvalue weighted by Gasteiger charge is 2.40. The van der Waals surface area contributed by atoms with Crippen LogP contribution in [0, 0.1) is 0 Å². The van der Waals surface area contributed by atoms with Gasteiger partial charge >= 0.3 is 6.18 Å². The SMILES string of the molecule is COCC[NH+](CCOC)Cc1c(O)ccc2c(=O)c(-c3ccc(OC)c(OC)c3)c(C(F)(F)F)oc12. The van der Waals surface area contributed by atoms with Crippen LogP contribution < -0.4 is 19.8 Å². The van der Waals surface area contributed by atoms with Gasteiger partial charge in [-0.2, -0.15) is 13.2 Å². The summed E-state index contributed by atoms with van der Waals surface area (Å²) in [5, 5.41) is 10.5. The summed E-state index contributed by atoms with van der Waals surface area (Å²) in [6, 6.07) is 6.57. The molecule has 0 aliphatic heterocycles. The average Bonchev–Trinajstić information content (AvgIpc) is 2.85. The van der Waals surface area contributed by atoms with Crippen LogP contribution in [0.15, 0.2) is 39.5 Å². The van der Waals surface area contributed by atoms with Crippen molar-refractivity contribution >= 4 is 11.0 Å². The molecule has 11 heteroatoms. The van der Waals surface area contributed by atoms with Crippen LogP contribution in [0.25, 0.3) is 22.1 Å². The van der Waals surface area contributed by atoms with E-state index >= 15 is 0 Å². The Morgan fingerprint density at radius 3 is 2.14 bits per heavy atom. The summed E-state index contributed by atoms with van der Waals surface area (Å²) in [5.74, 6) is -1.29. The highest BCUT2D eigenvalue weighted by molar-refractivity contribution is 5.87. The van der Waals surface area contributed by atoms with E-state index in [4.69, 9.17) is 23.4 Å². The second-order valence-electron chi connectivity index (χ2n) is 8.06. The molecular weight excluding hydrogens is 483 g/mol. The molecule has 0 unspecified atom stereocenters. The first-order valence-corrected chi connectivity index (χ1v) is 11.1. The Bertz CT molecular complexity index is 1250. The van der Waals surface area contributed by atoms with Crippen molar-refractivity contribution in [2.45, 2.75) is 12.7 Å². The maximum atomic E-state index is 14.2. The summed E-state index contributed by atoms with van der Waals surface area (Å²) in [4.78, 5) is 14.3. The predicted molar refractivity (Wildman–Crippen MR) is 126 cm³/mol. The number of hydrogen-bond donors (Lipinski definition) is 2. The molecule has 0 atom stereocenters. The Balaban J connectivity index is 2.26. The monoisotopic (exact) mass is 512 g/mol. The summed E-state index contributed by atoms with van der Waals surface area (Å²) >= 11 is 0. The number of rotatable bonds is 11. The number of aromatic hydroxyl groups is 1. The first-order valence-electron chi connectivity index (χ1n) is 11.1. The third kappa shape index (κ3) is 5.75. The first kappa shape index (κ1) is 27.3. The van der Waals surface area contributed by atoms with Crippen LogP contribution in [0.2, 0.25) is 0 Å². The van der Waals surface area contributed by atoms with Gasteiger partial charge in [-0.05, 0) is 29.8 Å². The van der Waals surface area contributed by atoms with Gasteiger partial charge < -0.3 is 33.4 Å². The molecular formula is C25H29F3NO7+. The number of alkyl halides is 3. The zero-order chi connectivity index (χ0) is 26.5. The minimum absolute atomic E-state index is 0.0438. The molecule has 2 N–H and O–H groups in total. The maximum Gasteiger partial charge on any atom is 0.450 e. The van der Waals surface area contributed by atoms with Crippen LogP contribution in [0.1, 0.15) is 11.3 Å². The molecule has 196 valence electrons. The molecule has 0 radical (unpaired) electrons. The number of benzene rings is 2. The van der Waals surface area contributed by atoms with Crippen molar-refractivity contribution in [3.8, 4) is 28.4 Å². The molecule has 0 spiro atoms. The molecule has 3 aromatic rings. The molecule has 0 amide bonds. The molecule has 2 aromatic carbocycles. The van der Waals surface area contributed by atoms with Gasteiger partial charge in [-0.1, -0.05) is 6.07 Å². The van der Waals surface area contributed by atoms with E-state index in [1.165, 1.54) is 58.8 Å². The molecule has 1 heterocycles. The topological polar surface area (TPSA) is 91.8 Å². The van der Waals surface area contributed by atoms with E-state index in [-0.39, 0.29) is 40.1 Å². The maximum absolute atomic E-state index is 14.2. The number of quaternary nitrogens is 1. The number of phenols is 1. The summed E-state index contributed by atoms with van der Waals surface area (Å²) in [5.41, 5.74) is -1.80. The lowest BCUT2D eigenvalue weighted by atomic mass is 9.99. The number of phenolic OH excluding ortho intramolecular Hbond substituents is 1. The second-order valence-corrected chi connectivity index (χ2v) is 8.06. The van der Waals surface area contributed by atoms with Gasteiger partial charge in [-0.15, -0.1) is 0 Å². The smallest absolute Gasteiger partial charge is 0.450 e. The minimum Gasteiger partial charge on any atom is -0.507 e. The number of fused-ring (bicyclic) bond motifs is 1. The molecule has 0 bridgehead atoms. The summed E-state index contributed by atoms with van der Waals surface area (Å²) in [6.07, 6.45) is -4.99. The lowest BCUT2D eigenvalue weighted by Gasteiger charge is -2.21. The van der Waals surface area contributed by atoms with Crippen LogP contribution in [-0.4, -0.2) is 59.8 Å². The number of nitrogens with one attached hydrogen (secondary N) is 1. The van der Waals surface area contributed by atoms with E-state index in [1.54, 1.807) is 0 Å². The summed E-state index contributed by atoms with van der Waals surface area (Å²) in [6.45, 7) is 1.84. The predicted octanol–water partition coefficient (Wildman–Crippen LogP) is 2.88. The summed E-state index contributed by atoms with van der Waals surface area (Å²) < 4.78 is 68.6. The lowest BCUT2D eigenvalue weighted by Crippen LogP contribution is -3.11. The van der Waals surface area contributed by atoms with Crippen molar-refractivity contribution in [3.63, 3.8) is 0 Å². The van der Waals surface area contributed by atoms with Gasteiger partial charge in [-0.25, -0.2) is 0 Å². The van der Waals surface area contributed by atoms with E-state index in [0.29, 0.717) is 32.1 Å². The third-order valence-corrected chi connectivity index (χ3v) is 5.81. The molecule has 0 saturated carbocycles. The Kier molecular flexibility index (Phi) is 8.83. The van der Waals surface area contributed by atoms with Crippen molar-refractivity contribution in [2.24, 2.45) is 0 Å². The standard InChI is InChI=1S/C25H28F3NO7/c1-32-11-9-29(10-12-33-2)14-17-18(30)7-6-16-22(31)21(24(25(26,27)28)36-23(16)17)15-5-8-19(34-3)20(13-15)35-4/h5-8,13,30H,9-12,14H2,1-4H3/p+1. The normalized spacial score (nSPS) is 11.9. The van der Waals surface area contributed by atoms with Crippen molar-refractivity contribution in [2.75, 3.05) is 54.7 Å². The zero-order valence-electron chi connectivity index (χ0n) is 20.5. The van der Waals surface area contributed by atoms with Crippen molar-refractivity contribution in [1.82, 2.24) is 0 Å². The Morgan fingerprint density at radius 2 is 1.58 bits per heavy atom. The number of ether oxygens (including phenoxy) is 4. The van der Waals surface area contributed by atoms with Gasteiger partial charge in [0.05, 0.1) is 43.9 Å². The molecule has 3 rings (SSSR count). The first-order chi connectivity index (χ1) is 17.2. The van der Waals surface area contributed by atoms with Crippen LogP contribution in [-0.2, 0) is 22.2 Å². The van der Waals surface area contributed by atoms with Gasteiger partial charge in [0.1, 0.15) is 25.4 Å². The van der Waals surface area contributed by atoms with Crippen molar-refractivity contribution < 1.29 is 46.5 Å². The van der Waals surface area contributed by atoms with Crippen LogP contribution in [0.3, 0.4) is 0 Å². The Morgan fingerprint density at radius 1 is 0.944 bits per heavy atom. The Hall–Kier alpha value is -3.28. The Labute approximate surface area is 205 Å². The minimum atomic E-state index is -4.99. The van der Waals surface area contributed by atoms with Gasteiger partial charge in [0, 0.05) is 14.2 Å². The number of methoxy groups -OCH3 is 4. The molecule has 36 heavy (non-hydrogen) atoms. The number of halogens is 3. The number of hydrogen-bond acceptors (Lipinski definition) is 7. The van der Waals surface area contributed by atoms with E-state index in [1.807, 2.05) is 0 Å². The average molecular weight is 513 g/mol. The van der Waals surface area contributed by atoms with E-state index < -0.39 is 22.9 Å². The van der Waals surface area contributed by atoms with Crippen LogP contribution in [0.5, 0.6) is 17.2 Å². The summed E-state index contributed by atoms with van der Waals surface area (Å²) in [7, 11) is 5.80. The molecule has 1 aromatic heterocycles. The molecule has 0 saturated heterocycles. The van der Waals surface area contributed by atoms with Crippen molar-refractivity contribution in [1.29, 1.82) is 0 Å².